The van der Waals surface area contributed by atoms with Crippen molar-refractivity contribution in [3.63, 3.8) is 0 Å². The summed E-state index contributed by atoms with van der Waals surface area (Å²) >= 11 is 8.39. The summed E-state index contributed by atoms with van der Waals surface area (Å²) in [5.74, 6) is -0.280. The van der Waals surface area contributed by atoms with Crippen molar-refractivity contribution in [2.75, 3.05) is 0 Å². The lowest BCUT2D eigenvalue weighted by Crippen LogP contribution is -1.95. The molecule has 2 rings (SSSR count). The van der Waals surface area contributed by atoms with Gasteiger partial charge in [-0.25, -0.2) is 4.39 Å². The van der Waals surface area contributed by atoms with E-state index in [4.69, 9.17) is 12.2 Å². The number of imidazole rings is 1. The number of nitrogens with zero attached hydrogens (tertiary/aromatic N) is 1. The number of hydrogen-bond donors (Lipinski definition) is 1. The molecule has 0 bridgehead atoms. The molecule has 0 spiro atoms. The molecule has 90 valence electrons. The summed E-state index contributed by atoms with van der Waals surface area (Å²) in [6.45, 7) is 4.70. The van der Waals surface area contributed by atoms with Crippen LogP contribution in [0.15, 0.2) is 28.3 Å². The molecule has 0 aliphatic carbocycles. The topological polar surface area (TPSA) is 20.7 Å². The summed E-state index contributed by atoms with van der Waals surface area (Å²) in [5, 5.41) is 0. The van der Waals surface area contributed by atoms with Crippen molar-refractivity contribution in [3.8, 4) is 0 Å². The number of H-pyrrole nitrogens is 1. The van der Waals surface area contributed by atoms with E-state index >= 15 is 0 Å². The Morgan fingerprint density at radius 2 is 2.24 bits per heavy atom. The second kappa shape index (κ2) is 4.74. The van der Waals surface area contributed by atoms with Gasteiger partial charge < -0.3 is 9.55 Å². The van der Waals surface area contributed by atoms with Crippen LogP contribution in [0.1, 0.15) is 13.8 Å². The van der Waals surface area contributed by atoms with E-state index in [-0.39, 0.29) is 5.82 Å². The number of aromatic nitrogens is 2. The fraction of sp³-hybridized carbons (Fsp3) is 0.250. The number of allylic oxidation sites excluding steroid dienone is 2. The lowest BCUT2D eigenvalue weighted by Gasteiger charge is -2.01. The Labute approximate surface area is 112 Å². The van der Waals surface area contributed by atoms with Gasteiger partial charge in [-0.1, -0.05) is 11.6 Å². The smallest absolute Gasteiger partial charge is 0.178 e. The van der Waals surface area contributed by atoms with E-state index in [9.17, 15) is 4.39 Å². The summed E-state index contributed by atoms with van der Waals surface area (Å²) in [7, 11) is 0. The molecule has 0 saturated heterocycles. The number of aromatic amines is 1. The molecule has 1 heterocycles. The average molecular weight is 315 g/mol. The molecule has 0 unspecified atom stereocenters. The van der Waals surface area contributed by atoms with Gasteiger partial charge in [0.05, 0.1) is 15.5 Å². The SMILES string of the molecule is CC(C)=CCn1c(=S)[nH]c2cc(Br)c(F)cc21. The summed E-state index contributed by atoms with van der Waals surface area (Å²) < 4.78 is 16.4. The molecule has 0 fully saturated rings. The molecule has 0 aliphatic heterocycles. The molecule has 0 saturated carbocycles. The zero-order valence-electron chi connectivity index (χ0n) is 9.55. The van der Waals surface area contributed by atoms with Crippen molar-refractivity contribution in [2.45, 2.75) is 20.4 Å². The highest BCUT2D eigenvalue weighted by molar-refractivity contribution is 9.10. The van der Waals surface area contributed by atoms with Crippen LogP contribution in [-0.4, -0.2) is 9.55 Å². The predicted molar refractivity (Wildman–Crippen MR) is 74.2 cm³/mol. The first-order chi connectivity index (χ1) is 7.99. The van der Waals surface area contributed by atoms with E-state index in [1.807, 2.05) is 18.4 Å². The standard InChI is InChI=1S/C12H12BrFN2S/c1-7(2)3-4-16-11-6-9(14)8(13)5-10(11)15-12(16)17/h3,5-6H,4H2,1-2H3,(H,15,17). The Balaban J connectivity index is 2.63. The van der Waals surface area contributed by atoms with Crippen LogP contribution < -0.4 is 0 Å². The van der Waals surface area contributed by atoms with Crippen molar-refractivity contribution in [1.29, 1.82) is 0 Å². The molecule has 2 nitrogen and oxygen atoms in total. The molecular formula is C12H12BrFN2S. The van der Waals surface area contributed by atoms with E-state index in [1.165, 1.54) is 11.6 Å². The highest BCUT2D eigenvalue weighted by Gasteiger charge is 2.07. The van der Waals surface area contributed by atoms with Crippen LogP contribution in [0.25, 0.3) is 11.0 Å². The fourth-order valence-corrected chi connectivity index (χ4v) is 2.23. The fourth-order valence-electron chi connectivity index (χ4n) is 1.61. The van der Waals surface area contributed by atoms with Gasteiger partial charge in [-0.2, -0.15) is 0 Å². The van der Waals surface area contributed by atoms with Gasteiger partial charge in [0.1, 0.15) is 5.82 Å². The van der Waals surface area contributed by atoms with Crippen molar-refractivity contribution in [1.82, 2.24) is 9.55 Å². The first-order valence-corrected chi connectivity index (χ1v) is 6.40. The molecule has 5 heteroatoms. The Hall–Kier alpha value is -0.940. The molecule has 0 aliphatic rings. The van der Waals surface area contributed by atoms with Gasteiger partial charge in [0, 0.05) is 12.6 Å². The van der Waals surface area contributed by atoms with Crippen LogP contribution in [-0.2, 0) is 6.54 Å². The quantitative estimate of drug-likeness (QED) is 0.636. The third-order valence-corrected chi connectivity index (χ3v) is 3.43. The Bertz CT molecular complexity index is 650. The Kier molecular flexibility index (Phi) is 3.49. The van der Waals surface area contributed by atoms with Crippen LogP contribution in [0, 0.1) is 10.6 Å². The van der Waals surface area contributed by atoms with E-state index in [2.05, 4.69) is 27.0 Å². The zero-order valence-corrected chi connectivity index (χ0v) is 12.0. The van der Waals surface area contributed by atoms with Crippen molar-refractivity contribution in [3.05, 3.63) is 38.8 Å². The van der Waals surface area contributed by atoms with Gasteiger partial charge in [-0.15, -0.1) is 0 Å². The van der Waals surface area contributed by atoms with Crippen molar-refractivity contribution >= 4 is 39.2 Å². The van der Waals surface area contributed by atoms with Gasteiger partial charge in [-0.05, 0) is 48.1 Å². The highest BCUT2D eigenvalue weighted by atomic mass is 79.9. The Morgan fingerprint density at radius 3 is 2.88 bits per heavy atom. The summed E-state index contributed by atoms with van der Waals surface area (Å²) in [6, 6.07) is 3.20. The third kappa shape index (κ3) is 2.50. The minimum Gasteiger partial charge on any atom is -0.331 e. The molecule has 0 radical (unpaired) electrons. The van der Waals surface area contributed by atoms with Crippen LogP contribution >= 0.6 is 28.1 Å². The molecule has 17 heavy (non-hydrogen) atoms. The number of halogens is 2. The normalized spacial score (nSPS) is 10.8. The molecule has 0 atom stereocenters. The molecule has 1 aromatic heterocycles. The average Bonchev–Trinajstić information content (AvgIpc) is 2.52. The van der Waals surface area contributed by atoms with Crippen molar-refractivity contribution in [2.24, 2.45) is 0 Å². The zero-order chi connectivity index (χ0) is 12.6. The van der Waals surface area contributed by atoms with Crippen LogP contribution in [0.4, 0.5) is 4.39 Å². The van der Waals surface area contributed by atoms with Crippen LogP contribution in [0.3, 0.4) is 0 Å². The number of fused-ring (bicyclic) bond motifs is 1. The predicted octanol–water partition coefficient (Wildman–Crippen LogP) is 4.57. The van der Waals surface area contributed by atoms with Gasteiger partial charge in [0.25, 0.3) is 0 Å². The van der Waals surface area contributed by atoms with Crippen LogP contribution in [0.2, 0.25) is 0 Å². The monoisotopic (exact) mass is 314 g/mol. The molecule has 1 N–H and O–H groups in total. The van der Waals surface area contributed by atoms with E-state index in [0.717, 1.165) is 11.0 Å². The maximum absolute atomic E-state index is 13.5. The molecule has 2 aromatic rings. The first-order valence-electron chi connectivity index (χ1n) is 5.20. The third-order valence-electron chi connectivity index (χ3n) is 2.50. The van der Waals surface area contributed by atoms with E-state index in [1.54, 1.807) is 6.07 Å². The highest BCUT2D eigenvalue weighted by Crippen LogP contribution is 2.23. The Morgan fingerprint density at radius 1 is 1.53 bits per heavy atom. The van der Waals surface area contributed by atoms with E-state index in [0.29, 0.717) is 15.8 Å². The molecule has 1 aromatic carbocycles. The van der Waals surface area contributed by atoms with Crippen LogP contribution in [0.5, 0.6) is 0 Å². The molecule has 0 amide bonds. The summed E-state index contributed by atoms with van der Waals surface area (Å²) in [5.41, 5.74) is 2.83. The van der Waals surface area contributed by atoms with Gasteiger partial charge in [0.2, 0.25) is 0 Å². The number of nitrogens with one attached hydrogen (secondary N) is 1. The molecular weight excluding hydrogens is 303 g/mol. The largest absolute Gasteiger partial charge is 0.331 e. The minimum absolute atomic E-state index is 0.280. The first kappa shape index (κ1) is 12.5. The number of benzene rings is 1. The minimum atomic E-state index is -0.280. The number of rotatable bonds is 2. The maximum Gasteiger partial charge on any atom is 0.178 e. The van der Waals surface area contributed by atoms with Gasteiger partial charge in [0.15, 0.2) is 4.77 Å². The second-order valence-corrected chi connectivity index (χ2v) is 5.35. The lowest BCUT2D eigenvalue weighted by atomic mass is 10.3. The number of hydrogen-bond acceptors (Lipinski definition) is 1. The lowest BCUT2D eigenvalue weighted by molar-refractivity contribution is 0.622. The van der Waals surface area contributed by atoms with Gasteiger partial charge in [-0.3, -0.25) is 0 Å². The summed E-state index contributed by atoms with van der Waals surface area (Å²) in [6.07, 6.45) is 2.06. The second-order valence-electron chi connectivity index (χ2n) is 4.11. The van der Waals surface area contributed by atoms with Crippen molar-refractivity contribution < 1.29 is 4.39 Å². The van der Waals surface area contributed by atoms with E-state index < -0.39 is 0 Å². The summed E-state index contributed by atoms with van der Waals surface area (Å²) in [4.78, 5) is 3.07. The van der Waals surface area contributed by atoms with Gasteiger partial charge >= 0.3 is 0 Å². The maximum atomic E-state index is 13.5.